The highest BCUT2D eigenvalue weighted by Gasteiger charge is 2.21. The van der Waals surface area contributed by atoms with Gasteiger partial charge in [0.2, 0.25) is 5.91 Å². The molecule has 0 radical (unpaired) electrons. The van der Waals surface area contributed by atoms with E-state index in [-0.39, 0.29) is 12.5 Å². The summed E-state index contributed by atoms with van der Waals surface area (Å²) in [4.78, 5) is 12.1. The third kappa shape index (κ3) is 4.34. The van der Waals surface area contributed by atoms with Crippen LogP contribution in [0.1, 0.15) is 43.7 Å². The summed E-state index contributed by atoms with van der Waals surface area (Å²) in [5, 5.41) is 12.2. The summed E-state index contributed by atoms with van der Waals surface area (Å²) in [6.45, 7) is 2.41. The molecule has 1 aromatic rings. The van der Waals surface area contributed by atoms with Gasteiger partial charge in [0.1, 0.15) is 0 Å². The van der Waals surface area contributed by atoms with E-state index in [0.29, 0.717) is 18.4 Å². The molecule has 2 rings (SSSR count). The number of rotatable bonds is 5. The van der Waals surface area contributed by atoms with Gasteiger partial charge in [-0.3, -0.25) is 4.79 Å². The van der Waals surface area contributed by atoms with Crippen molar-refractivity contribution in [1.29, 1.82) is 0 Å². The Morgan fingerprint density at radius 1 is 1.25 bits per heavy atom. The fraction of sp³-hybridized carbons (Fsp3) is 0.588. The van der Waals surface area contributed by atoms with Crippen molar-refractivity contribution in [3.63, 3.8) is 0 Å². The van der Waals surface area contributed by atoms with Gasteiger partial charge in [0.25, 0.3) is 0 Å². The molecule has 0 unspecified atom stereocenters. The molecule has 3 heteroatoms. The summed E-state index contributed by atoms with van der Waals surface area (Å²) in [5.74, 6) is 0.551. The average molecular weight is 275 g/mol. The average Bonchev–Trinajstić information content (AvgIpc) is 2.48. The van der Waals surface area contributed by atoms with Crippen LogP contribution in [0, 0.1) is 5.92 Å². The molecule has 20 heavy (non-hydrogen) atoms. The van der Waals surface area contributed by atoms with Crippen LogP contribution in [-0.2, 0) is 17.6 Å². The van der Waals surface area contributed by atoms with E-state index in [1.165, 1.54) is 5.56 Å². The van der Waals surface area contributed by atoms with Crippen molar-refractivity contribution >= 4 is 5.91 Å². The van der Waals surface area contributed by atoms with Crippen molar-refractivity contribution in [3.05, 3.63) is 35.4 Å². The van der Waals surface area contributed by atoms with Gasteiger partial charge in [-0.1, -0.05) is 31.2 Å². The molecule has 110 valence electrons. The van der Waals surface area contributed by atoms with Gasteiger partial charge >= 0.3 is 0 Å². The van der Waals surface area contributed by atoms with E-state index in [2.05, 4.69) is 24.4 Å². The minimum Gasteiger partial charge on any atom is -0.396 e. The van der Waals surface area contributed by atoms with E-state index in [9.17, 15) is 4.79 Å². The summed E-state index contributed by atoms with van der Waals surface area (Å²) in [6, 6.07) is 8.54. The number of hydrogen-bond donors (Lipinski definition) is 2. The minimum absolute atomic E-state index is 0.116. The predicted molar refractivity (Wildman–Crippen MR) is 80.5 cm³/mol. The largest absolute Gasteiger partial charge is 0.396 e. The Bertz CT molecular complexity index is 436. The molecule has 1 fully saturated rings. The lowest BCUT2D eigenvalue weighted by Gasteiger charge is -2.28. The molecule has 3 nitrogen and oxygen atoms in total. The number of aliphatic hydroxyl groups is 1. The summed E-state index contributed by atoms with van der Waals surface area (Å²) in [5.41, 5.74) is 2.37. The van der Waals surface area contributed by atoms with Crippen molar-refractivity contribution in [3.8, 4) is 0 Å². The molecule has 1 saturated carbocycles. The van der Waals surface area contributed by atoms with Crippen molar-refractivity contribution < 1.29 is 9.90 Å². The molecule has 1 aromatic carbocycles. The van der Waals surface area contributed by atoms with Crippen LogP contribution < -0.4 is 5.32 Å². The molecular weight excluding hydrogens is 250 g/mol. The van der Waals surface area contributed by atoms with Crippen LogP contribution in [-0.4, -0.2) is 23.7 Å². The van der Waals surface area contributed by atoms with Gasteiger partial charge in [0.15, 0.2) is 0 Å². The molecule has 1 aliphatic rings. The first-order chi connectivity index (χ1) is 9.71. The Morgan fingerprint density at radius 2 is 1.95 bits per heavy atom. The molecule has 0 atom stereocenters. The maximum Gasteiger partial charge on any atom is 0.224 e. The second kappa shape index (κ2) is 7.44. The fourth-order valence-corrected chi connectivity index (χ4v) is 2.91. The molecule has 0 aromatic heterocycles. The van der Waals surface area contributed by atoms with Crippen LogP contribution in [0.25, 0.3) is 0 Å². The number of carbonyl (C=O) groups is 1. The molecule has 0 saturated heterocycles. The second-order valence-electron chi connectivity index (χ2n) is 5.82. The quantitative estimate of drug-likeness (QED) is 0.867. The van der Waals surface area contributed by atoms with E-state index in [1.54, 1.807) is 0 Å². The zero-order valence-electron chi connectivity index (χ0n) is 12.3. The standard InChI is InChI=1S/C17H25NO2/c1-2-13-4-3-5-15(10-13)11-17(20)18-16-8-6-14(12-19)7-9-16/h3-5,10,14,16,19H,2,6-9,11-12H2,1H3,(H,18,20). The van der Waals surface area contributed by atoms with Gasteiger partial charge in [-0.05, 0) is 49.1 Å². The number of aryl methyl sites for hydroxylation is 1. The van der Waals surface area contributed by atoms with Crippen LogP contribution in [0.3, 0.4) is 0 Å². The molecule has 1 amide bonds. The van der Waals surface area contributed by atoms with Crippen LogP contribution in [0.15, 0.2) is 24.3 Å². The van der Waals surface area contributed by atoms with E-state index in [4.69, 9.17) is 5.11 Å². The van der Waals surface area contributed by atoms with Gasteiger partial charge in [-0.15, -0.1) is 0 Å². The van der Waals surface area contributed by atoms with Crippen LogP contribution >= 0.6 is 0 Å². The third-order valence-corrected chi connectivity index (χ3v) is 4.23. The maximum absolute atomic E-state index is 12.1. The number of carbonyl (C=O) groups excluding carboxylic acids is 1. The predicted octanol–water partition coefficient (Wildman–Crippen LogP) is 2.46. The van der Waals surface area contributed by atoms with Gasteiger partial charge < -0.3 is 10.4 Å². The first kappa shape index (κ1) is 15.0. The summed E-state index contributed by atoms with van der Waals surface area (Å²) in [7, 11) is 0. The van der Waals surface area contributed by atoms with E-state index >= 15 is 0 Å². The van der Waals surface area contributed by atoms with Gasteiger partial charge in [-0.2, -0.15) is 0 Å². The number of aliphatic hydroxyl groups excluding tert-OH is 1. The molecule has 0 aliphatic heterocycles. The number of amides is 1. The number of hydrogen-bond acceptors (Lipinski definition) is 2. The summed E-state index contributed by atoms with van der Waals surface area (Å²) >= 11 is 0. The first-order valence-electron chi connectivity index (χ1n) is 7.69. The van der Waals surface area contributed by atoms with Crippen molar-refractivity contribution in [2.45, 2.75) is 51.5 Å². The summed E-state index contributed by atoms with van der Waals surface area (Å²) < 4.78 is 0. The van der Waals surface area contributed by atoms with E-state index < -0.39 is 0 Å². The molecule has 1 aliphatic carbocycles. The highest BCUT2D eigenvalue weighted by atomic mass is 16.3. The van der Waals surface area contributed by atoms with Crippen molar-refractivity contribution in [2.75, 3.05) is 6.61 Å². The van der Waals surface area contributed by atoms with Gasteiger partial charge in [0, 0.05) is 12.6 Å². The topological polar surface area (TPSA) is 49.3 Å². The van der Waals surface area contributed by atoms with Crippen molar-refractivity contribution in [1.82, 2.24) is 5.32 Å². The lowest BCUT2D eigenvalue weighted by Crippen LogP contribution is -2.38. The Balaban J connectivity index is 1.80. The van der Waals surface area contributed by atoms with E-state index in [0.717, 1.165) is 37.7 Å². The highest BCUT2D eigenvalue weighted by Crippen LogP contribution is 2.23. The first-order valence-corrected chi connectivity index (χ1v) is 7.69. The van der Waals surface area contributed by atoms with Gasteiger partial charge in [0.05, 0.1) is 6.42 Å². The Kier molecular flexibility index (Phi) is 5.60. The normalized spacial score (nSPS) is 22.5. The highest BCUT2D eigenvalue weighted by molar-refractivity contribution is 5.78. The zero-order valence-corrected chi connectivity index (χ0v) is 12.3. The second-order valence-corrected chi connectivity index (χ2v) is 5.82. The fourth-order valence-electron chi connectivity index (χ4n) is 2.91. The molecule has 0 spiro atoms. The maximum atomic E-state index is 12.1. The van der Waals surface area contributed by atoms with Crippen LogP contribution in [0.2, 0.25) is 0 Å². The molecular formula is C17H25NO2. The Morgan fingerprint density at radius 3 is 2.60 bits per heavy atom. The third-order valence-electron chi connectivity index (χ3n) is 4.23. The SMILES string of the molecule is CCc1cccc(CC(=O)NC2CCC(CO)CC2)c1. The smallest absolute Gasteiger partial charge is 0.224 e. The number of benzene rings is 1. The monoisotopic (exact) mass is 275 g/mol. The Labute approximate surface area is 121 Å². The minimum atomic E-state index is 0.116. The van der Waals surface area contributed by atoms with Crippen LogP contribution in [0.4, 0.5) is 0 Å². The molecule has 2 N–H and O–H groups in total. The lowest BCUT2D eigenvalue weighted by atomic mass is 9.86. The van der Waals surface area contributed by atoms with E-state index in [1.807, 2.05) is 12.1 Å². The zero-order chi connectivity index (χ0) is 14.4. The molecule has 0 heterocycles. The molecule has 0 bridgehead atoms. The number of nitrogens with one attached hydrogen (secondary N) is 1. The van der Waals surface area contributed by atoms with Crippen molar-refractivity contribution in [2.24, 2.45) is 5.92 Å². The summed E-state index contributed by atoms with van der Waals surface area (Å²) in [6.07, 6.45) is 5.49. The van der Waals surface area contributed by atoms with Gasteiger partial charge in [-0.25, -0.2) is 0 Å². The van der Waals surface area contributed by atoms with Crippen LogP contribution in [0.5, 0.6) is 0 Å². The lowest BCUT2D eigenvalue weighted by molar-refractivity contribution is -0.121. The Hall–Kier alpha value is -1.35.